The van der Waals surface area contributed by atoms with E-state index in [1.165, 1.54) is 5.56 Å². The van der Waals surface area contributed by atoms with E-state index < -0.39 is 5.72 Å². The minimum atomic E-state index is -0.796. The fraction of sp³-hybridized carbons (Fsp3) is 0.400. The molecule has 0 aliphatic carbocycles. The molecule has 2 N–H and O–H groups in total. The van der Waals surface area contributed by atoms with Crippen molar-refractivity contribution >= 4 is 0 Å². The molecule has 0 unspecified atom stereocenters. The second-order valence-electron chi connectivity index (χ2n) is 3.40. The average molecular weight is 165 g/mol. The minimum Gasteiger partial charge on any atom is -0.376 e. The lowest BCUT2D eigenvalue weighted by Gasteiger charge is -2.18. The Hall–Kier alpha value is -0.860. The monoisotopic (exact) mass is 165 g/mol. The molecular weight excluding hydrogens is 150 g/mol. The van der Waals surface area contributed by atoms with E-state index in [1.807, 2.05) is 30.3 Å². The van der Waals surface area contributed by atoms with E-state index in [4.69, 9.17) is 0 Å². The molecule has 0 heterocycles. The summed E-state index contributed by atoms with van der Waals surface area (Å²) in [5.74, 6) is 0. The topological polar surface area (TPSA) is 32.3 Å². The van der Waals surface area contributed by atoms with Gasteiger partial charge in [0.05, 0.1) is 0 Å². The Kier molecular flexibility index (Phi) is 2.84. The van der Waals surface area contributed by atoms with Crippen LogP contribution in [0.3, 0.4) is 0 Å². The Labute approximate surface area is 73.2 Å². The van der Waals surface area contributed by atoms with Crippen LogP contribution in [0.2, 0.25) is 0 Å². The largest absolute Gasteiger partial charge is 0.376 e. The van der Waals surface area contributed by atoms with Crippen LogP contribution < -0.4 is 5.32 Å². The third-order valence-corrected chi connectivity index (χ3v) is 1.57. The Balaban J connectivity index is 2.44. The Morgan fingerprint density at radius 2 is 1.83 bits per heavy atom. The van der Waals surface area contributed by atoms with Crippen molar-refractivity contribution in [2.24, 2.45) is 0 Å². The molecule has 1 rings (SSSR count). The minimum absolute atomic E-state index is 0.699. The van der Waals surface area contributed by atoms with Gasteiger partial charge >= 0.3 is 0 Å². The van der Waals surface area contributed by atoms with Crippen LogP contribution in [0, 0.1) is 0 Å². The van der Waals surface area contributed by atoms with E-state index in [-0.39, 0.29) is 0 Å². The SMILES string of the molecule is CC(C)(O)NCc1ccccc1. The summed E-state index contributed by atoms with van der Waals surface area (Å²) in [7, 11) is 0. The van der Waals surface area contributed by atoms with Crippen LogP contribution in [-0.4, -0.2) is 10.8 Å². The number of hydrogen-bond acceptors (Lipinski definition) is 2. The summed E-state index contributed by atoms with van der Waals surface area (Å²) < 4.78 is 0. The number of rotatable bonds is 3. The van der Waals surface area contributed by atoms with Crippen molar-refractivity contribution in [3.8, 4) is 0 Å². The van der Waals surface area contributed by atoms with E-state index >= 15 is 0 Å². The summed E-state index contributed by atoms with van der Waals surface area (Å²) in [5, 5.41) is 12.4. The van der Waals surface area contributed by atoms with Crippen LogP contribution in [0.1, 0.15) is 19.4 Å². The summed E-state index contributed by atoms with van der Waals surface area (Å²) in [4.78, 5) is 0. The van der Waals surface area contributed by atoms with Gasteiger partial charge < -0.3 is 5.11 Å². The molecule has 2 nitrogen and oxygen atoms in total. The van der Waals surface area contributed by atoms with Crippen molar-refractivity contribution in [3.63, 3.8) is 0 Å². The zero-order chi connectivity index (χ0) is 9.03. The molecule has 0 spiro atoms. The predicted molar refractivity (Wildman–Crippen MR) is 49.6 cm³/mol. The van der Waals surface area contributed by atoms with Gasteiger partial charge in [-0.15, -0.1) is 0 Å². The summed E-state index contributed by atoms with van der Waals surface area (Å²) >= 11 is 0. The highest BCUT2D eigenvalue weighted by Gasteiger charge is 2.09. The first-order valence-electron chi connectivity index (χ1n) is 4.09. The van der Waals surface area contributed by atoms with E-state index in [1.54, 1.807) is 13.8 Å². The third-order valence-electron chi connectivity index (χ3n) is 1.57. The van der Waals surface area contributed by atoms with Crippen molar-refractivity contribution in [2.45, 2.75) is 26.1 Å². The molecule has 2 heteroatoms. The molecule has 66 valence electrons. The molecule has 1 aromatic carbocycles. The van der Waals surface area contributed by atoms with Crippen molar-refractivity contribution in [1.29, 1.82) is 0 Å². The molecule has 0 amide bonds. The molecule has 1 aromatic rings. The molecule has 0 fully saturated rings. The van der Waals surface area contributed by atoms with Crippen LogP contribution in [0.5, 0.6) is 0 Å². The highest BCUT2D eigenvalue weighted by Crippen LogP contribution is 2.01. The molecule has 0 aliphatic rings. The van der Waals surface area contributed by atoms with E-state index in [0.29, 0.717) is 6.54 Å². The van der Waals surface area contributed by atoms with Crippen LogP contribution >= 0.6 is 0 Å². The summed E-state index contributed by atoms with van der Waals surface area (Å²) in [6.45, 7) is 4.16. The van der Waals surface area contributed by atoms with Gasteiger partial charge in [0, 0.05) is 6.54 Å². The molecule has 0 aromatic heterocycles. The predicted octanol–water partition coefficient (Wildman–Crippen LogP) is 1.50. The van der Waals surface area contributed by atoms with Crippen molar-refractivity contribution in [3.05, 3.63) is 35.9 Å². The van der Waals surface area contributed by atoms with Crippen molar-refractivity contribution < 1.29 is 5.11 Å². The maximum absolute atomic E-state index is 9.37. The highest BCUT2D eigenvalue weighted by atomic mass is 16.3. The second-order valence-corrected chi connectivity index (χ2v) is 3.40. The zero-order valence-electron chi connectivity index (χ0n) is 7.54. The fourth-order valence-electron chi connectivity index (χ4n) is 0.914. The van der Waals surface area contributed by atoms with Gasteiger partial charge in [0.15, 0.2) is 0 Å². The maximum Gasteiger partial charge on any atom is 0.110 e. The number of benzene rings is 1. The molecule has 12 heavy (non-hydrogen) atoms. The van der Waals surface area contributed by atoms with Gasteiger partial charge in [-0.25, -0.2) is 0 Å². The average Bonchev–Trinajstić information content (AvgIpc) is 2.02. The van der Waals surface area contributed by atoms with Crippen LogP contribution in [-0.2, 0) is 6.54 Å². The fourth-order valence-corrected chi connectivity index (χ4v) is 0.914. The first-order chi connectivity index (χ1) is 5.58. The highest BCUT2D eigenvalue weighted by molar-refractivity contribution is 5.14. The Bertz CT molecular complexity index is 225. The van der Waals surface area contributed by atoms with Crippen molar-refractivity contribution in [1.82, 2.24) is 5.32 Å². The lowest BCUT2D eigenvalue weighted by Crippen LogP contribution is -2.38. The molecule has 0 saturated heterocycles. The van der Waals surface area contributed by atoms with Gasteiger partial charge in [0.2, 0.25) is 0 Å². The van der Waals surface area contributed by atoms with E-state index in [9.17, 15) is 5.11 Å². The summed E-state index contributed by atoms with van der Waals surface area (Å²) in [5.41, 5.74) is 0.384. The van der Waals surface area contributed by atoms with Crippen LogP contribution in [0.15, 0.2) is 30.3 Å². The summed E-state index contributed by atoms with van der Waals surface area (Å²) in [6.07, 6.45) is 0. The smallest absolute Gasteiger partial charge is 0.110 e. The lowest BCUT2D eigenvalue weighted by molar-refractivity contribution is 0.0416. The summed E-state index contributed by atoms with van der Waals surface area (Å²) in [6, 6.07) is 10.0. The molecular formula is C10H15NO. The molecule has 0 aliphatic heterocycles. The van der Waals surface area contributed by atoms with Gasteiger partial charge in [-0.1, -0.05) is 30.3 Å². The second kappa shape index (κ2) is 3.70. The van der Waals surface area contributed by atoms with Crippen molar-refractivity contribution in [2.75, 3.05) is 0 Å². The van der Waals surface area contributed by atoms with Gasteiger partial charge in [0.1, 0.15) is 5.72 Å². The quantitative estimate of drug-likeness (QED) is 0.665. The molecule has 0 atom stereocenters. The van der Waals surface area contributed by atoms with Crippen LogP contribution in [0.4, 0.5) is 0 Å². The molecule has 0 radical (unpaired) electrons. The first-order valence-corrected chi connectivity index (χ1v) is 4.09. The van der Waals surface area contributed by atoms with Gasteiger partial charge in [-0.05, 0) is 19.4 Å². The standard InChI is InChI=1S/C10H15NO/c1-10(2,12)11-8-9-6-4-3-5-7-9/h3-7,11-12H,8H2,1-2H3. The van der Waals surface area contributed by atoms with Crippen LogP contribution in [0.25, 0.3) is 0 Å². The third kappa shape index (κ3) is 3.51. The normalized spacial score (nSPS) is 11.6. The lowest BCUT2D eigenvalue weighted by atomic mass is 10.2. The zero-order valence-corrected chi connectivity index (χ0v) is 7.54. The number of aliphatic hydroxyl groups is 1. The van der Waals surface area contributed by atoms with E-state index in [0.717, 1.165) is 0 Å². The van der Waals surface area contributed by atoms with E-state index in [2.05, 4.69) is 5.32 Å². The van der Waals surface area contributed by atoms with Gasteiger partial charge in [-0.2, -0.15) is 0 Å². The molecule has 0 saturated carbocycles. The number of hydrogen-bond donors (Lipinski definition) is 2. The molecule has 0 bridgehead atoms. The first kappa shape index (κ1) is 9.23. The maximum atomic E-state index is 9.37. The Morgan fingerprint density at radius 3 is 2.33 bits per heavy atom. The van der Waals surface area contributed by atoms with Gasteiger partial charge in [0.25, 0.3) is 0 Å². The number of nitrogens with one attached hydrogen (secondary N) is 1. The Morgan fingerprint density at radius 1 is 1.25 bits per heavy atom. The van der Waals surface area contributed by atoms with Gasteiger partial charge in [-0.3, -0.25) is 5.32 Å².